The molecule has 1 atom stereocenters. The highest BCUT2D eigenvalue weighted by Gasteiger charge is 2.49. The van der Waals surface area contributed by atoms with E-state index in [2.05, 4.69) is 13.2 Å². The molecule has 0 aromatic carbocycles. The maximum Gasteiger partial charge on any atom is 0.394 e. The van der Waals surface area contributed by atoms with Crippen LogP contribution in [0, 0.1) is 0 Å². The number of hydrogen-bond acceptors (Lipinski definition) is 8. The van der Waals surface area contributed by atoms with Crippen molar-refractivity contribution in [2.45, 2.75) is 40.0 Å². The SMILES string of the molecule is C=CC(=O)OC(OCC)C(OCC)(OCC)OC(=C)C(=O)OCC. The molecule has 0 saturated heterocycles. The number of esters is 2. The molecule has 138 valence electrons. The minimum absolute atomic E-state index is 0.116. The van der Waals surface area contributed by atoms with Gasteiger partial charge in [-0.15, -0.1) is 0 Å². The third kappa shape index (κ3) is 6.69. The first-order valence-corrected chi connectivity index (χ1v) is 7.68. The van der Waals surface area contributed by atoms with Gasteiger partial charge in [-0.1, -0.05) is 6.58 Å². The number of ether oxygens (including phenoxy) is 6. The van der Waals surface area contributed by atoms with Crippen molar-refractivity contribution in [1.82, 2.24) is 0 Å². The Balaban J connectivity index is 5.60. The molecule has 1 unspecified atom stereocenters. The molecule has 0 amide bonds. The molecule has 0 rings (SSSR count). The maximum absolute atomic E-state index is 11.8. The van der Waals surface area contributed by atoms with Crippen molar-refractivity contribution >= 4 is 11.9 Å². The van der Waals surface area contributed by atoms with Crippen molar-refractivity contribution < 1.29 is 38.0 Å². The fourth-order valence-electron chi connectivity index (χ4n) is 1.63. The van der Waals surface area contributed by atoms with Crippen molar-refractivity contribution in [3.63, 3.8) is 0 Å². The highest BCUT2D eigenvalue weighted by atomic mass is 16.9. The summed E-state index contributed by atoms with van der Waals surface area (Å²) in [4.78, 5) is 23.3. The lowest BCUT2D eigenvalue weighted by Gasteiger charge is -2.37. The fraction of sp³-hybridized carbons (Fsp3) is 0.625. The molecule has 0 radical (unpaired) electrons. The van der Waals surface area contributed by atoms with E-state index in [-0.39, 0.29) is 32.2 Å². The van der Waals surface area contributed by atoms with Crippen molar-refractivity contribution in [3.8, 4) is 0 Å². The summed E-state index contributed by atoms with van der Waals surface area (Å²) in [7, 11) is 0. The minimum atomic E-state index is -2.01. The Morgan fingerprint density at radius 1 is 1.04 bits per heavy atom. The van der Waals surface area contributed by atoms with Crippen LogP contribution in [0.5, 0.6) is 0 Å². The highest BCUT2D eigenvalue weighted by Crippen LogP contribution is 2.27. The molecule has 0 saturated carbocycles. The van der Waals surface area contributed by atoms with E-state index in [1.165, 1.54) is 0 Å². The Morgan fingerprint density at radius 3 is 2.04 bits per heavy atom. The molecule has 0 aromatic heterocycles. The van der Waals surface area contributed by atoms with E-state index in [0.717, 1.165) is 6.08 Å². The van der Waals surface area contributed by atoms with Crippen LogP contribution in [0.15, 0.2) is 25.0 Å². The second-order valence-electron chi connectivity index (χ2n) is 4.14. The average Bonchev–Trinajstić information content (AvgIpc) is 2.54. The van der Waals surface area contributed by atoms with Crippen LogP contribution < -0.4 is 0 Å². The smallest absolute Gasteiger partial charge is 0.394 e. The normalized spacial score (nSPS) is 12.2. The van der Waals surface area contributed by atoms with Crippen LogP contribution in [0.25, 0.3) is 0 Å². The van der Waals surface area contributed by atoms with E-state index in [9.17, 15) is 9.59 Å². The van der Waals surface area contributed by atoms with E-state index in [1.807, 2.05) is 0 Å². The molecule has 0 bridgehead atoms. The van der Waals surface area contributed by atoms with Gasteiger partial charge in [0.05, 0.1) is 19.8 Å². The molecule has 0 aliphatic carbocycles. The van der Waals surface area contributed by atoms with Crippen molar-refractivity contribution in [2.24, 2.45) is 0 Å². The van der Waals surface area contributed by atoms with Gasteiger partial charge in [0.25, 0.3) is 6.29 Å². The van der Waals surface area contributed by atoms with Gasteiger partial charge in [0.1, 0.15) is 0 Å². The summed E-state index contributed by atoms with van der Waals surface area (Å²) in [6.07, 6.45) is -0.464. The van der Waals surface area contributed by atoms with E-state index in [0.29, 0.717) is 0 Å². The van der Waals surface area contributed by atoms with Crippen LogP contribution in [0.4, 0.5) is 0 Å². The number of carbonyl (C=O) groups is 2. The third-order valence-electron chi connectivity index (χ3n) is 2.46. The molecule has 0 spiro atoms. The molecule has 0 N–H and O–H groups in total. The molecule has 0 aliphatic heterocycles. The lowest BCUT2D eigenvalue weighted by Crippen LogP contribution is -2.53. The van der Waals surface area contributed by atoms with Crippen LogP contribution in [-0.4, -0.2) is 50.6 Å². The third-order valence-corrected chi connectivity index (χ3v) is 2.46. The first-order valence-electron chi connectivity index (χ1n) is 7.68. The predicted octanol–water partition coefficient (Wildman–Crippen LogP) is 1.90. The first-order chi connectivity index (χ1) is 11.4. The zero-order valence-corrected chi connectivity index (χ0v) is 14.7. The second-order valence-corrected chi connectivity index (χ2v) is 4.14. The summed E-state index contributed by atoms with van der Waals surface area (Å²) in [5, 5.41) is 0. The van der Waals surface area contributed by atoms with Gasteiger partial charge in [-0.2, -0.15) is 0 Å². The largest absolute Gasteiger partial charge is 0.460 e. The van der Waals surface area contributed by atoms with E-state index in [1.54, 1.807) is 27.7 Å². The van der Waals surface area contributed by atoms with Crippen LogP contribution >= 0.6 is 0 Å². The molecule has 8 heteroatoms. The van der Waals surface area contributed by atoms with Crippen LogP contribution in [0.2, 0.25) is 0 Å². The summed E-state index contributed by atoms with van der Waals surface area (Å²) in [5.41, 5.74) is 0. The topological polar surface area (TPSA) is 89.5 Å². The Morgan fingerprint density at radius 2 is 1.62 bits per heavy atom. The summed E-state index contributed by atoms with van der Waals surface area (Å²) in [6.45, 7) is 14.0. The molecular formula is C16H26O8. The molecule has 0 heterocycles. The van der Waals surface area contributed by atoms with Crippen molar-refractivity contribution in [1.29, 1.82) is 0 Å². The molecule has 8 nitrogen and oxygen atoms in total. The van der Waals surface area contributed by atoms with E-state index >= 15 is 0 Å². The fourth-order valence-corrected chi connectivity index (χ4v) is 1.63. The summed E-state index contributed by atoms with van der Waals surface area (Å²) in [6, 6.07) is 0. The van der Waals surface area contributed by atoms with Gasteiger partial charge in [-0.25, -0.2) is 9.59 Å². The molecular weight excluding hydrogens is 320 g/mol. The summed E-state index contributed by atoms with van der Waals surface area (Å²) < 4.78 is 31.7. The van der Waals surface area contributed by atoms with E-state index < -0.39 is 24.2 Å². The standard InChI is InChI=1S/C16H26O8/c1-7-13(17)23-15(20-9-3)16(21-10-4,22-11-5)24-12(6)14(18)19-8-2/h7,15H,1,6,8-11H2,2-5H3. The first kappa shape index (κ1) is 22.1. The quantitative estimate of drug-likeness (QED) is 0.216. The lowest BCUT2D eigenvalue weighted by molar-refractivity contribution is -0.436. The Labute approximate surface area is 142 Å². The molecule has 0 aromatic rings. The number of hydrogen-bond donors (Lipinski definition) is 0. The van der Waals surface area contributed by atoms with Gasteiger partial charge in [-0.05, 0) is 34.3 Å². The van der Waals surface area contributed by atoms with Crippen LogP contribution in [0.3, 0.4) is 0 Å². The highest BCUT2D eigenvalue weighted by molar-refractivity contribution is 5.85. The molecule has 0 aliphatic rings. The Kier molecular flexibility index (Phi) is 10.7. The van der Waals surface area contributed by atoms with Gasteiger partial charge in [-0.3, -0.25) is 0 Å². The average molecular weight is 346 g/mol. The van der Waals surface area contributed by atoms with Crippen LogP contribution in [0.1, 0.15) is 27.7 Å². The van der Waals surface area contributed by atoms with Crippen molar-refractivity contribution in [2.75, 3.05) is 26.4 Å². The van der Waals surface area contributed by atoms with Gasteiger partial charge in [0, 0.05) is 12.7 Å². The zero-order chi connectivity index (χ0) is 18.6. The maximum atomic E-state index is 11.8. The monoisotopic (exact) mass is 346 g/mol. The summed E-state index contributed by atoms with van der Waals surface area (Å²) >= 11 is 0. The van der Waals surface area contributed by atoms with Gasteiger partial charge in [0.2, 0.25) is 5.76 Å². The van der Waals surface area contributed by atoms with Crippen molar-refractivity contribution in [3.05, 3.63) is 25.0 Å². The summed E-state index contributed by atoms with van der Waals surface area (Å²) in [5.74, 6) is -3.96. The predicted molar refractivity (Wildman–Crippen MR) is 84.5 cm³/mol. The Bertz CT molecular complexity index is 426. The molecule has 24 heavy (non-hydrogen) atoms. The number of carbonyl (C=O) groups excluding carboxylic acids is 2. The number of rotatable bonds is 13. The second kappa shape index (κ2) is 11.6. The Hall–Kier alpha value is -1.90. The van der Waals surface area contributed by atoms with E-state index in [4.69, 9.17) is 28.4 Å². The van der Waals surface area contributed by atoms with Gasteiger partial charge < -0.3 is 28.4 Å². The molecule has 0 fully saturated rings. The van der Waals surface area contributed by atoms with Crippen LogP contribution in [-0.2, 0) is 38.0 Å². The van der Waals surface area contributed by atoms with Gasteiger partial charge >= 0.3 is 17.9 Å². The zero-order valence-electron chi connectivity index (χ0n) is 14.7. The van der Waals surface area contributed by atoms with Gasteiger partial charge in [0.15, 0.2) is 0 Å². The minimum Gasteiger partial charge on any atom is -0.460 e. The lowest BCUT2D eigenvalue weighted by atomic mass is 10.4.